The van der Waals surface area contributed by atoms with E-state index >= 15 is 0 Å². The minimum Gasteiger partial charge on any atom is -0.443 e. The van der Waals surface area contributed by atoms with Crippen LogP contribution in [0.3, 0.4) is 0 Å². The van der Waals surface area contributed by atoms with Crippen LogP contribution in [0.15, 0.2) is 57.5 Å². The molecular formula is C19H19F3N4O2S. The molecule has 3 rings (SSSR count). The summed E-state index contributed by atoms with van der Waals surface area (Å²) in [5, 5.41) is 8.07. The smallest absolute Gasteiger partial charge is 0.443 e. The van der Waals surface area contributed by atoms with Gasteiger partial charge in [-0.1, -0.05) is 24.3 Å². The zero-order valence-corrected chi connectivity index (χ0v) is 16.3. The molecule has 0 unspecified atom stereocenters. The Morgan fingerprint density at radius 3 is 2.76 bits per heavy atom. The number of halogens is 3. The first-order valence-corrected chi connectivity index (χ1v) is 9.66. The zero-order valence-electron chi connectivity index (χ0n) is 15.5. The average Bonchev–Trinajstić information content (AvgIpc) is 3.35. The van der Waals surface area contributed by atoms with Crippen LogP contribution >= 0.6 is 11.3 Å². The predicted molar refractivity (Wildman–Crippen MR) is 105 cm³/mol. The van der Waals surface area contributed by atoms with Gasteiger partial charge in [-0.2, -0.15) is 0 Å². The first kappa shape index (κ1) is 20.7. The van der Waals surface area contributed by atoms with Gasteiger partial charge in [0, 0.05) is 12.1 Å². The number of rotatable bonds is 7. The van der Waals surface area contributed by atoms with Crippen molar-refractivity contribution in [2.75, 3.05) is 6.54 Å². The third-order valence-corrected chi connectivity index (χ3v) is 4.53. The van der Waals surface area contributed by atoms with Gasteiger partial charge in [0.15, 0.2) is 5.96 Å². The summed E-state index contributed by atoms with van der Waals surface area (Å²) in [6.45, 7) is 2.84. The van der Waals surface area contributed by atoms with Gasteiger partial charge in [0.2, 0.25) is 5.89 Å². The maximum Gasteiger partial charge on any atom is 0.573 e. The molecule has 0 amide bonds. The van der Waals surface area contributed by atoms with E-state index in [-0.39, 0.29) is 12.3 Å². The fourth-order valence-corrected chi connectivity index (χ4v) is 3.10. The molecule has 0 radical (unpaired) electrons. The van der Waals surface area contributed by atoms with Crippen LogP contribution in [0.25, 0.3) is 10.8 Å². The van der Waals surface area contributed by atoms with Gasteiger partial charge in [0.25, 0.3) is 0 Å². The SMILES string of the molecule is CCNC(=NCc1ccccc1OC(F)(F)F)NCc1coc(-c2cccs2)n1. The van der Waals surface area contributed by atoms with Gasteiger partial charge < -0.3 is 19.8 Å². The molecule has 10 heteroatoms. The highest BCUT2D eigenvalue weighted by molar-refractivity contribution is 7.13. The van der Waals surface area contributed by atoms with Crippen molar-refractivity contribution in [2.45, 2.75) is 26.4 Å². The summed E-state index contributed by atoms with van der Waals surface area (Å²) in [4.78, 5) is 9.68. The Balaban J connectivity index is 1.65. The average molecular weight is 424 g/mol. The van der Waals surface area contributed by atoms with Crippen molar-refractivity contribution in [1.29, 1.82) is 0 Å². The van der Waals surface area contributed by atoms with E-state index in [0.29, 0.717) is 36.2 Å². The van der Waals surface area contributed by atoms with Crippen LogP contribution in [0.4, 0.5) is 13.2 Å². The third kappa shape index (κ3) is 6.24. The Hall–Kier alpha value is -3.01. The molecule has 0 aliphatic rings. The molecule has 3 aromatic rings. The number of alkyl halides is 3. The number of guanidine groups is 1. The third-order valence-electron chi connectivity index (χ3n) is 3.67. The lowest BCUT2D eigenvalue weighted by Gasteiger charge is -2.13. The number of nitrogens with one attached hydrogen (secondary N) is 2. The molecule has 154 valence electrons. The zero-order chi connectivity index (χ0) is 20.7. The van der Waals surface area contributed by atoms with Crippen LogP contribution < -0.4 is 15.4 Å². The Bertz CT molecular complexity index is 939. The number of nitrogens with zero attached hydrogens (tertiary/aromatic N) is 2. The minimum absolute atomic E-state index is 0.0147. The number of hydrogen-bond donors (Lipinski definition) is 2. The quantitative estimate of drug-likeness (QED) is 0.430. The molecule has 0 fully saturated rings. The van der Waals surface area contributed by atoms with E-state index < -0.39 is 6.36 Å². The largest absolute Gasteiger partial charge is 0.573 e. The van der Waals surface area contributed by atoms with E-state index in [0.717, 1.165) is 4.88 Å². The number of aliphatic imine (C=N–C) groups is 1. The van der Waals surface area contributed by atoms with E-state index in [2.05, 4.69) is 25.3 Å². The molecule has 29 heavy (non-hydrogen) atoms. The van der Waals surface area contributed by atoms with Crippen molar-refractivity contribution in [3.05, 3.63) is 59.3 Å². The summed E-state index contributed by atoms with van der Waals surface area (Å²) in [7, 11) is 0. The molecule has 0 aliphatic heterocycles. The van der Waals surface area contributed by atoms with Crippen LogP contribution in [-0.2, 0) is 13.1 Å². The van der Waals surface area contributed by atoms with Gasteiger partial charge in [0.05, 0.1) is 23.7 Å². The number of aromatic nitrogens is 1. The van der Waals surface area contributed by atoms with Crippen molar-refractivity contribution in [3.63, 3.8) is 0 Å². The molecule has 0 atom stereocenters. The number of oxazole rings is 1. The second-order valence-corrected chi connectivity index (χ2v) is 6.77. The highest BCUT2D eigenvalue weighted by Gasteiger charge is 2.31. The minimum atomic E-state index is -4.75. The highest BCUT2D eigenvalue weighted by Crippen LogP contribution is 2.26. The standard InChI is InChI=1S/C19H19F3N4O2S/c1-2-23-18(24-10-13-6-3-4-7-15(13)28-19(20,21)22)25-11-14-12-27-17(26-14)16-8-5-9-29-16/h3-9,12H,2,10-11H2,1H3,(H2,23,24,25). The summed E-state index contributed by atoms with van der Waals surface area (Å²) < 4.78 is 47.2. The summed E-state index contributed by atoms with van der Waals surface area (Å²) in [5.41, 5.74) is 1.00. The van der Waals surface area contributed by atoms with Gasteiger partial charge in [-0.15, -0.1) is 24.5 Å². The van der Waals surface area contributed by atoms with Gasteiger partial charge in [0.1, 0.15) is 12.0 Å². The van der Waals surface area contributed by atoms with Gasteiger partial charge in [-0.3, -0.25) is 0 Å². The van der Waals surface area contributed by atoms with Crippen LogP contribution in [0.5, 0.6) is 5.75 Å². The Kier molecular flexibility index (Phi) is 6.76. The highest BCUT2D eigenvalue weighted by atomic mass is 32.1. The van der Waals surface area contributed by atoms with Crippen molar-refractivity contribution in [3.8, 4) is 16.5 Å². The van der Waals surface area contributed by atoms with Gasteiger partial charge in [-0.25, -0.2) is 9.98 Å². The lowest BCUT2D eigenvalue weighted by Crippen LogP contribution is -2.36. The molecule has 0 bridgehead atoms. The van der Waals surface area contributed by atoms with Crippen LogP contribution in [0.1, 0.15) is 18.2 Å². The maximum absolute atomic E-state index is 12.6. The number of para-hydroxylation sites is 1. The summed E-state index contributed by atoms with van der Waals surface area (Å²) >= 11 is 1.53. The van der Waals surface area contributed by atoms with Gasteiger partial charge in [-0.05, 0) is 24.4 Å². The Morgan fingerprint density at radius 2 is 2.03 bits per heavy atom. The predicted octanol–water partition coefficient (Wildman–Crippen LogP) is 4.56. The van der Waals surface area contributed by atoms with E-state index in [1.54, 1.807) is 18.4 Å². The van der Waals surface area contributed by atoms with Crippen LogP contribution in [-0.4, -0.2) is 23.9 Å². The number of ether oxygens (including phenoxy) is 1. The van der Waals surface area contributed by atoms with E-state index in [4.69, 9.17) is 4.42 Å². The lowest BCUT2D eigenvalue weighted by atomic mass is 10.2. The normalized spacial score (nSPS) is 12.1. The Morgan fingerprint density at radius 1 is 1.21 bits per heavy atom. The number of hydrogen-bond acceptors (Lipinski definition) is 5. The van der Waals surface area contributed by atoms with Crippen molar-refractivity contribution >= 4 is 17.3 Å². The fraction of sp³-hybridized carbons (Fsp3) is 0.263. The molecule has 0 saturated carbocycles. The second-order valence-electron chi connectivity index (χ2n) is 5.83. The molecule has 0 saturated heterocycles. The molecular weight excluding hydrogens is 405 g/mol. The Labute approximate surface area is 169 Å². The second kappa shape index (κ2) is 9.46. The number of benzene rings is 1. The topological polar surface area (TPSA) is 71.7 Å². The maximum atomic E-state index is 12.6. The van der Waals surface area contributed by atoms with Crippen molar-refractivity contribution in [2.24, 2.45) is 4.99 Å². The van der Waals surface area contributed by atoms with Crippen LogP contribution in [0, 0.1) is 0 Å². The summed E-state index contributed by atoms with van der Waals surface area (Å²) in [5.74, 6) is 0.712. The fourth-order valence-electron chi connectivity index (χ4n) is 2.44. The molecule has 1 aromatic carbocycles. The van der Waals surface area contributed by atoms with Crippen LogP contribution in [0.2, 0.25) is 0 Å². The van der Waals surface area contributed by atoms with E-state index in [1.165, 1.54) is 23.5 Å². The molecule has 2 aromatic heterocycles. The molecule has 6 nitrogen and oxygen atoms in total. The van der Waals surface area contributed by atoms with E-state index in [1.807, 2.05) is 24.4 Å². The first-order chi connectivity index (χ1) is 13.9. The summed E-state index contributed by atoms with van der Waals surface area (Å²) in [6, 6.07) is 9.75. The molecule has 0 spiro atoms. The summed E-state index contributed by atoms with van der Waals surface area (Å²) in [6.07, 6.45) is -3.20. The van der Waals surface area contributed by atoms with E-state index in [9.17, 15) is 13.2 Å². The molecule has 2 N–H and O–H groups in total. The van der Waals surface area contributed by atoms with Crippen molar-refractivity contribution < 1.29 is 22.3 Å². The lowest BCUT2D eigenvalue weighted by molar-refractivity contribution is -0.274. The molecule has 0 aliphatic carbocycles. The number of thiophene rings is 1. The monoisotopic (exact) mass is 424 g/mol. The molecule has 2 heterocycles. The van der Waals surface area contributed by atoms with Gasteiger partial charge >= 0.3 is 6.36 Å². The van der Waals surface area contributed by atoms with Crippen molar-refractivity contribution in [1.82, 2.24) is 15.6 Å². The first-order valence-electron chi connectivity index (χ1n) is 8.78.